The van der Waals surface area contributed by atoms with Crippen molar-refractivity contribution in [1.82, 2.24) is 9.97 Å². The first kappa shape index (κ1) is 14.8. The van der Waals surface area contributed by atoms with Crippen molar-refractivity contribution in [2.24, 2.45) is 0 Å². The van der Waals surface area contributed by atoms with Gasteiger partial charge in [0.1, 0.15) is 23.3 Å². The third kappa shape index (κ3) is 2.79. The second-order valence-corrected chi connectivity index (χ2v) is 4.73. The summed E-state index contributed by atoms with van der Waals surface area (Å²) in [4.78, 5) is 8.43. The molecule has 7 heteroatoms. The maximum atomic E-state index is 13.8. The number of nitriles is 1. The number of aromatic nitrogens is 2. The predicted molar refractivity (Wildman–Crippen MR) is 77.9 cm³/mol. The predicted octanol–water partition coefficient (Wildman–Crippen LogP) is 3.53. The van der Waals surface area contributed by atoms with E-state index in [1.54, 1.807) is 18.2 Å². The topological polar surface area (TPSA) is 61.6 Å². The zero-order valence-electron chi connectivity index (χ0n) is 11.6. The van der Waals surface area contributed by atoms with Gasteiger partial charge in [-0.1, -0.05) is 12.1 Å². The van der Waals surface area contributed by atoms with E-state index in [0.717, 1.165) is 6.07 Å². The van der Waals surface area contributed by atoms with Crippen LogP contribution in [-0.4, -0.2) is 9.97 Å². The molecule has 0 aliphatic carbocycles. The van der Waals surface area contributed by atoms with Crippen molar-refractivity contribution in [1.29, 1.82) is 5.26 Å². The standard InChI is InChI=1S/C16H9F3N4/c17-11-5-9(15(18)16(19)10(11)6-20)7-22-14-8-21-12-3-1-2-4-13(12)23-14/h1-5,8H,7H2,(H,22,23). The lowest BCUT2D eigenvalue weighted by molar-refractivity contribution is 0.482. The Labute approximate surface area is 129 Å². The summed E-state index contributed by atoms with van der Waals surface area (Å²) in [7, 11) is 0. The lowest BCUT2D eigenvalue weighted by Crippen LogP contribution is -2.07. The molecule has 1 heterocycles. The van der Waals surface area contributed by atoms with Gasteiger partial charge < -0.3 is 5.32 Å². The minimum Gasteiger partial charge on any atom is -0.365 e. The zero-order chi connectivity index (χ0) is 16.4. The number of rotatable bonds is 3. The van der Waals surface area contributed by atoms with Crippen LogP contribution in [-0.2, 0) is 6.54 Å². The van der Waals surface area contributed by atoms with Crippen LogP contribution in [0.3, 0.4) is 0 Å². The number of nitrogens with zero attached hydrogens (tertiary/aromatic N) is 3. The molecule has 4 nitrogen and oxygen atoms in total. The number of benzene rings is 2. The summed E-state index contributed by atoms with van der Waals surface area (Å²) in [5.41, 5.74) is 0.153. The zero-order valence-corrected chi connectivity index (χ0v) is 11.6. The lowest BCUT2D eigenvalue weighted by atomic mass is 10.1. The number of fused-ring (bicyclic) bond motifs is 1. The molecule has 0 saturated heterocycles. The van der Waals surface area contributed by atoms with Crippen LogP contribution in [0.4, 0.5) is 19.0 Å². The first-order valence-corrected chi connectivity index (χ1v) is 6.62. The Morgan fingerprint density at radius 1 is 1.09 bits per heavy atom. The van der Waals surface area contributed by atoms with E-state index in [-0.39, 0.29) is 12.1 Å². The van der Waals surface area contributed by atoms with Crippen molar-refractivity contribution in [2.45, 2.75) is 6.54 Å². The minimum atomic E-state index is -1.49. The molecule has 0 spiro atoms. The molecule has 0 aliphatic heterocycles. The number of para-hydroxylation sites is 2. The molecule has 2 aromatic carbocycles. The van der Waals surface area contributed by atoms with Crippen molar-refractivity contribution >= 4 is 16.9 Å². The van der Waals surface area contributed by atoms with Gasteiger partial charge >= 0.3 is 0 Å². The Hall–Kier alpha value is -3.14. The van der Waals surface area contributed by atoms with Crippen LogP contribution in [0.15, 0.2) is 36.5 Å². The molecular weight excluding hydrogens is 305 g/mol. The molecule has 0 aliphatic rings. The molecule has 0 fully saturated rings. The van der Waals surface area contributed by atoms with Gasteiger partial charge in [-0.3, -0.25) is 4.98 Å². The third-order valence-electron chi connectivity index (χ3n) is 3.25. The second kappa shape index (κ2) is 5.93. The SMILES string of the molecule is N#Cc1c(F)cc(CNc2cnc3ccccc3n2)c(F)c1F. The van der Waals surface area contributed by atoms with Crippen molar-refractivity contribution in [3.05, 3.63) is 65.1 Å². The number of nitrogens with one attached hydrogen (secondary N) is 1. The van der Waals surface area contributed by atoms with Gasteiger partial charge in [0.15, 0.2) is 11.6 Å². The summed E-state index contributed by atoms with van der Waals surface area (Å²) in [6.45, 7) is -0.196. The third-order valence-corrected chi connectivity index (χ3v) is 3.25. The van der Waals surface area contributed by atoms with Crippen molar-refractivity contribution < 1.29 is 13.2 Å². The summed E-state index contributed by atoms with van der Waals surface area (Å²) in [5.74, 6) is -3.51. The molecule has 0 atom stereocenters. The number of halogens is 3. The van der Waals surface area contributed by atoms with Crippen molar-refractivity contribution in [3.8, 4) is 6.07 Å². The molecule has 1 aromatic heterocycles. The molecule has 114 valence electrons. The second-order valence-electron chi connectivity index (χ2n) is 4.73. The molecule has 0 amide bonds. The van der Waals surface area contributed by atoms with Gasteiger partial charge in [-0.25, -0.2) is 18.2 Å². The lowest BCUT2D eigenvalue weighted by Gasteiger charge is -2.09. The highest BCUT2D eigenvalue weighted by atomic mass is 19.2. The molecule has 0 unspecified atom stereocenters. The summed E-state index contributed by atoms with van der Waals surface area (Å²) < 4.78 is 40.9. The molecule has 3 aromatic rings. The Morgan fingerprint density at radius 3 is 2.57 bits per heavy atom. The molecule has 23 heavy (non-hydrogen) atoms. The van der Waals surface area contributed by atoms with E-state index >= 15 is 0 Å². The van der Waals surface area contributed by atoms with Crippen molar-refractivity contribution in [3.63, 3.8) is 0 Å². The molecule has 3 rings (SSSR count). The fourth-order valence-corrected chi connectivity index (χ4v) is 2.10. The van der Waals surface area contributed by atoms with E-state index in [1.165, 1.54) is 12.3 Å². The molecular formula is C16H9F3N4. The number of anilines is 1. The largest absolute Gasteiger partial charge is 0.365 e. The summed E-state index contributed by atoms with van der Waals surface area (Å²) in [5, 5.41) is 11.3. The van der Waals surface area contributed by atoms with Gasteiger partial charge in [0.25, 0.3) is 0 Å². The van der Waals surface area contributed by atoms with Crippen LogP contribution < -0.4 is 5.32 Å². The van der Waals surface area contributed by atoms with Gasteiger partial charge in [0.2, 0.25) is 0 Å². The fourth-order valence-electron chi connectivity index (χ4n) is 2.10. The average molecular weight is 314 g/mol. The summed E-state index contributed by atoms with van der Waals surface area (Å²) in [6.07, 6.45) is 1.44. The van der Waals surface area contributed by atoms with Crippen LogP contribution in [0.2, 0.25) is 0 Å². The van der Waals surface area contributed by atoms with E-state index < -0.39 is 23.0 Å². The minimum absolute atomic E-state index is 0.196. The Morgan fingerprint density at radius 2 is 1.83 bits per heavy atom. The van der Waals surface area contributed by atoms with Gasteiger partial charge in [-0.15, -0.1) is 0 Å². The van der Waals surface area contributed by atoms with Gasteiger partial charge in [-0.05, 0) is 18.2 Å². The van der Waals surface area contributed by atoms with Crippen LogP contribution >= 0.6 is 0 Å². The summed E-state index contributed by atoms with van der Waals surface area (Å²) >= 11 is 0. The molecule has 0 bridgehead atoms. The van der Waals surface area contributed by atoms with Crippen LogP contribution in [0.5, 0.6) is 0 Å². The van der Waals surface area contributed by atoms with E-state index in [2.05, 4.69) is 15.3 Å². The maximum Gasteiger partial charge on any atom is 0.179 e. The van der Waals surface area contributed by atoms with E-state index in [9.17, 15) is 13.2 Å². The molecule has 1 N–H and O–H groups in total. The highest BCUT2D eigenvalue weighted by Gasteiger charge is 2.18. The number of hydrogen-bond acceptors (Lipinski definition) is 4. The Kier molecular flexibility index (Phi) is 3.81. The van der Waals surface area contributed by atoms with Gasteiger partial charge in [-0.2, -0.15) is 5.26 Å². The number of hydrogen-bond donors (Lipinski definition) is 1. The van der Waals surface area contributed by atoms with Crippen LogP contribution in [0.1, 0.15) is 11.1 Å². The quantitative estimate of drug-likeness (QED) is 0.751. The highest BCUT2D eigenvalue weighted by molar-refractivity contribution is 5.75. The fraction of sp³-hybridized carbons (Fsp3) is 0.0625. The molecule has 0 saturated carbocycles. The first-order valence-electron chi connectivity index (χ1n) is 6.62. The Balaban J connectivity index is 1.86. The Bertz CT molecular complexity index is 934. The van der Waals surface area contributed by atoms with E-state index in [0.29, 0.717) is 16.9 Å². The maximum absolute atomic E-state index is 13.8. The van der Waals surface area contributed by atoms with Crippen LogP contribution in [0.25, 0.3) is 11.0 Å². The van der Waals surface area contributed by atoms with Gasteiger partial charge in [0.05, 0.1) is 17.2 Å². The van der Waals surface area contributed by atoms with Crippen LogP contribution in [0, 0.1) is 28.8 Å². The highest BCUT2D eigenvalue weighted by Crippen LogP contribution is 2.20. The summed E-state index contributed by atoms with van der Waals surface area (Å²) in [6, 6.07) is 9.25. The monoisotopic (exact) mass is 314 g/mol. The first-order chi connectivity index (χ1) is 11.1. The smallest absolute Gasteiger partial charge is 0.179 e. The van der Waals surface area contributed by atoms with E-state index in [4.69, 9.17) is 5.26 Å². The normalized spacial score (nSPS) is 10.5. The van der Waals surface area contributed by atoms with Gasteiger partial charge in [0, 0.05) is 12.1 Å². The molecule has 0 radical (unpaired) electrons. The van der Waals surface area contributed by atoms with E-state index in [1.807, 2.05) is 6.07 Å². The van der Waals surface area contributed by atoms with Crippen molar-refractivity contribution in [2.75, 3.05) is 5.32 Å². The average Bonchev–Trinajstić information content (AvgIpc) is 2.57.